The first-order valence-electron chi connectivity index (χ1n) is 8.67. The number of amides is 1. The summed E-state index contributed by atoms with van der Waals surface area (Å²) in [6, 6.07) is 3.77. The molecular weight excluding hydrogens is 332 g/mol. The fourth-order valence-corrected chi connectivity index (χ4v) is 3.18. The van der Waals surface area contributed by atoms with E-state index in [9.17, 15) is 4.79 Å². The molecule has 1 aliphatic rings. The first kappa shape index (κ1) is 16.6. The van der Waals surface area contributed by atoms with Gasteiger partial charge in [0.2, 0.25) is 0 Å². The van der Waals surface area contributed by atoms with Crippen molar-refractivity contribution in [2.75, 3.05) is 19.7 Å². The van der Waals surface area contributed by atoms with Gasteiger partial charge in [0.1, 0.15) is 11.9 Å². The molecule has 0 saturated carbocycles. The highest BCUT2D eigenvalue weighted by Gasteiger charge is 2.27. The van der Waals surface area contributed by atoms with Crippen LogP contribution < -0.4 is 0 Å². The number of aromatic nitrogens is 5. The van der Waals surface area contributed by atoms with Gasteiger partial charge in [-0.25, -0.2) is 19.5 Å². The van der Waals surface area contributed by atoms with Crippen molar-refractivity contribution in [3.05, 3.63) is 54.0 Å². The van der Waals surface area contributed by atoms with Crippen LogP contribution in [0.1, 0.15) is 28.2 Å². The normalized spacial score (nSPS) is 17.6. The first-order valence-corrected chi connectivity index (χ1v) is 8.67. The van der Waals surface area contributed by atoms with Gasteiger partial charge < -0.3 is 9.64 Å². The second-order valence-corrected chi connectivity index (χ2v) is 6.38. The number of carbonyl (C=O) groups is 1. The van der Waals surface area contributed by atoms with Gasteiger partial charge in [-0.1, -0.05) is 0 Å². The maximum Gasteiger partial charge on any atom is 0.259 e. The largest absolute Gasteiger partial charge is 0.375 e. The Kier molecular flexibility index (Phi) is 4.57. The summed E-state index contributed by atoms with van der Waals surface area (Å²) in [7, 11) is 0. The molecule has 1 amide bonds. The van der Waals surface area contributed by atoms with Gasteiger partial charge in [0.25, 0.3) is 5.91 Å². The molecule has 26 heavy (non-hydrogen) atoms. The fourth-order valence-electron chi connectivity index (χ4n) is 3.18. The third kappa shape index (κ3) is 3.41. The monoisotopic (exact) mass is 352 g/mol. The molecule has 8 heteroatoms. The number of morpholine rings is 1. The molecule has 1 aliphatic heterocycles. The molecule has 4 rings (SSSR count). The van der Waals surface area contributed by atoms with Crippen molar-refractivity contribution in [1.29, 1.82) is 0 Å². The minimum Gasteiger partial charge on any atom is -0.375 e. The van der Waals surface area contributed by atoms with Crippen LogP contribution in [0.3, 0.4) is 0 Å². The topological polar surface area (TPSA) is 85.5 Å². The van der Waals surface area contributed by atoms with Crippen LogP contribution in [-0.4, -0.2) is 61.2 Å². The van der Waals surface area contributed by atoms with Gasteiger partial charge in [0, 0.05) is 36.9 Å². The van der Waals surface area contributed by atoms with Crippen LogP contribution in [0.2, 0.25) is 0 Å². The van der Waals surface area contributed by atoms with E-state index < -0.39 is 0 Å². The molecule has 0 aromatic carbocycles. The molecule has 0 radical (unpaired) electrons. The molecule has 0 bridgehead atoms. The average Bonchev–Trinajstić information content (AvgIpc) is 3.10. The summed E-state index contributed by atoms with van der Waals surface area (Å²) in [5.41, 5.74) is 3.06. The van der Waals surface area contributed by atoms with Crippen LogP contribution in [0.25, 0.3) is 5.65 Å². The number of hydrogen-bond acceptors (Lipinski definition) is 6. The molecule has 1 saturated heterocycles. The predicted octanol–water partition coefficient (Wildman–Crippen LogP) is 1.30. The van der Waals surface area contributed by atoms with Gasteiger partial charge >= 0.3 is 0 Å². The average molecular weight is 352 g/mol. The van der Waals surface area contributed by atoms with E-state index >= 15 is 0 Å². The summed E-state index contributed by atoms with van der Waals surface area (Å²) in [5.74, 6) is -0.0510. The minimum absolute atomic E-state index is 0.00207. The Labute approximate surface area is 150 Å². The van der Waals surface area contributed by atoms with E-state index in [2.05, 4.69) is 20.1 Å². The standard InChI is InChI=1S/C18H20N6O2/c1-13-9-14(21-12-20-13)3-4-15-11-23(7-8-26-15)18(25)16-10-22-24-6-2-5-19-17(16)24/h2,5-6,9-10,12,15H,3-4,7-8,11H2,1H3/t15-/m1/s1. The van der Waals surface area contributed by atoms with Gasteiger partial charge in [-0.3, -0.25) is 4.79 Å². The van der Waals surface area contributed by atoms with Crippen molar-refractivity contribution in [3.8, 4) is 0 Å². The third-order valence-electron chi connectivity index (χ3n) is 4.52. The summed E-state index contributed by atoms with van der Waals surface area (Å²) in [6.45, 7) is 3.62. The molecule has 0 spiro atoms. The number of aryl methyl sites for hydroxylation is 2. The summed E-state index contributed by atoms with van der Waals surface area (Å²) in [4.78, 5) is 27.4. The highest BCUT2D eigenvalue weighted by Crippen LogP contribution is 2.16. The second kappa shape index (κ2) is 7.17. The Hall–Kier alpha value is -2.87. The van der Waals surface area contributed by atoms with E-state index in [4.69, 9.17) is 4.74 Å². The van der Waals surface area contributed by atoms with Crippen LogP contribution >= 0.6 is 0 Å². The molecule has 0 N–H and O–H groups in total. The number of hydrogen-bond donors (Lipinski definition) is 0. The Balaban J connectivity index is 1.42. The van der Waals surface area contributed by atoms with Gasteiger partial charge in [-0.05, 0) is 31.9 Å². The Morgan fingerprint density at radius 3 is 3.15 bits per heavy atom. The SMILES string of the molecule is Cc1cc(CC[C@@H]2CN(C(=O)c3cnn4cccnc34)CCO2)ncn1. The third-order valence-corrected chi connectivity index (χ3v) is 4.52. The van der Waals surface area contributed by atoms with E-state index in [-0.39, 0.29) is 12.0 Å². The highest BCUT2D eigenvalue weighted by molar-refractivity contribution is 5.99. The smallest absolute Gasteiger partial charge is 0.259 e. The van der Waals surface area contributed by atoms with Gasteiger partial charge in [0.05, 0.1) is 18.9 Å². The van der Waals surface area contributed by atoms with E-state index in [0.29, 0.717) is 30.9 Å². The van der Waals surface area contributed by atoms with Gasteiger partial charge in [0.15, 0.2) is 5.65 Å². The van der Waals surface area contributed by atoms with E-state index in [1.165, 1.54) is 0 Å². The molecular formula is C18H20N6O2. The van der Waals surface area contributed by atoms with Crippen molar-refractivity contribution in [1.82, 2.24) is 29.5 Å². The zero-order valence-corrected chi connectivity index (χ0v) is 14.6. The molecule has 134 valence electrons. The molecule has 3 aromatic rings. The predicted molar refractivity (Wildman–Crippen MR) is 93.7 cm³/mol. The fraction of sp³-hybridized carbons (Fsp3) is 0.389. The van der Waals surface area contributed by atoms with Crippen molar-refractivity contribution < 1.29 is 9.53 Å². The van der Waals surface area contributed by atoms with Gasteiger partial charge in [-0.15, -0.1) is 0 Å². The maximum atomic E-state index is 12.9. The lowest BCUT2D eigenvalue weighted by Crippen LogP contribution is -2.45. The van der Waals surface area contributed by atoms with Crippen molar-refractivity contribution in [2.45, 2.75) is 25.9 Å². The van der Waals surface area contributed by atoms with E-state index in [1.807, 2.05) is 17.9 Å². The Bertz CT molecular complexity index is 925. The van der Waals surface area contributed by atoms with Crippen molar-refractivity contribution in [2.24, 2.45) is 0 Å². The van der Waals surface area contributed by atoms with E-state index in [1.54, 1.807) is 35.5 Å². The quantitative estimate of drug-likeness (QED) is 0.704. The summed E-state index contributed by atoms with van der Waals surface area (Å²) >= 11 is 0. The maximum absolute atomic E-state index is 12.9. The van der Waals surface area contributed by atoms with Crippen molar-refractivity contribution in [3.63, 3.8) is 0 Å². The van der Waals surface area contributed by atoms with Crippen LogP contribution in [0.15, 0.2) is 37.1 Å². The van der Waals surface area contributed by atoms with Crippen LogP contribution in [0, 0.1) is 6.92 Å². The second-order valence-electron chi connectivity index (χ2n) is 6.38. The molecule has 1 fully saturated rings. The minimum atomic E-state index is -0.0510. The Morgan fingerprint density at radius 2 is 2.27 bits per heavy atom. The van der Waals surface area contributed by atoms with Crippen molar-refractivity contribution >= 4 is 11.6 Å². The van der Waals surface area contributed by atoms with Gasteiger partial charge in [-0.2, -0.15) is 5.10 Å². The zero-order valence-electron chi connectivity index (χ0n) is 14.6. The number of carbonyl (C=O) groups excluding carboxylic acids is 1. The molecule has 0 aliphatic carbocycles. The lowest BCUT2D eigenvalue weighted by molar-refractivity contribution is -0.0246. The lowest BCUT2D eigenvalue weighted by Gasteiger charge is -2.32. The zero-order chi connectivity index (χ0) is 17.9. The van der Waals surface area contributed by atoms with Crippen LogP contribution in [0.5, 0.6) is 0 Å². The van der Waals surface area contributed by atoms with Crippen LogP contribution in [-0.2, 0) is 11.2 Å². The number of nitrogens with zero attached hydrogens (tertiary/aromatic N) is 6. The number of ether oxygens (including phenoxy) is 1. The number of rotatable bonds is 4. The lowest BCUT2D eigenvalue weighted by atomic mass is 10.1. The summed E-state index contributed by atoms with van der Waals surface area (Å²) in [5, 5.41) is 4.20. The summed E-state index contributed by atoms with van der Waals surface area (Å²) in [6.07, 6.45) is 8.23. The molecule has 3 aromatic heterocycles. The highest BCUT2D eigenvalue weighted by atomic mass is 16.5. The molecule has 0 unspecified atom stereocenters. The first-order chi connectivity index (χ1) is 12.7. The molecule has 1 atom stereocenters. The molecule has 8 nitrogen and oxygen atoms in total. The Morgan fingerprint density at radius 1 is 1.35 bits per heavy atom. The number of fused-ring (bicyclic) bond motifs is 1. The molecule has 4 heterocycles. The summed E-state index contributed by atoms with van der Waals surface area (Å²) < 4.78 is 7.46. The van der Waals surface area contributed by atoms with E-state index in [0.717, 1.165) is 24.2 Å². The van der Waals surface area contributed by atoms with Crippen LogP contribution in [0.4, 0.5) is 0 Å².